The number of nitrogens with zero attached hydrogens (tertiary/aromatic N) is 3. The Labute approximate surface area is 158 Å². The van der Waals surface area contributed by atoms with Crippen molar-refractivity contribution in [2.24, 2.45) is 0 Å². The molecule has 27 heavy (non-hydrogen) atoms. The van der Waals surface area contributed by atoms with Gasteiger partial charge in [-0.2, -0.15) is 5.26 Å². The largest absolute Gasteiger partial charge is 0.307 e. The highest BCUT2D eigenvalue weighted by Gasteiger charge is 2.26. The number of nitriles is 1. The molecule has 1 aliphatic rings. The molecule has 1 heterocycles. The summed E-state index contributed by atoms with van der Waals surface area (Å²) in [6.45, 7) is 2.06. The van der Waals surface area contributed by atoms with Crippen molar-refractivity contribution in [1.82, 2.24) is 9.55 Å². The highest BCUT2D eigenvalue weighted by Crippen LogP contribution is 2.37. The summed E-state index contributed by atoms with van der Waals surface area (Å²) >= 11 is 0. The quantitative estimate of drug-likeness (QED) is 0.714. The number of hydrogen-bond donors (Lipinski definition) is 1. The summed E-state index contributed by atoms with van der Waals surface area (Å²) in [7, 11) is 0. The number of carbonyl (C=O) groups is 1. The molecule has 136 valence electrons. The van der Waals surface area contributed by atoms with Crippen LogP contribution < -0.4 is 5.32 Å². The molecular weight excluding hydrogens is 336 g/mol. The second kappa shape index (κ2) is 7.24. The number of amides is 1. The molecule has 1 N–H and O–H groups in total. The van der Waals surface area contributed by atoms with E-state index < -0.39 is 0 Å². The maximum absolute atomic E-state index is 12.7. The minimum absolute atomic E-state index is 0.0391. The molecule has 5 heteroatoms. The minimum Gasteiger partial charge on any atom is -0.307 e. The van der Waals surface area contributed by atoms with Gasteiger partial charge in [-0.25, -0.2) is 4.98 Å². The SMILES string of the molecule is C[C@@H](CC(=O)Nc1nc2ccc(C#N)cc2n1C1CCC1)c1ccccc1. The van der Waals surface area contributed by atoms with Gasteiger partial charge in [0.25, 0.3) is 0 Å². The number of aromatic nitrogens is 2. The lowest BCUT2D eigenvalue weighted by Crippen LogP contribution is -2.22. The molecule has 4 rings (SSSR count). The van der Waals surface area contributed by atoms with Gasteiger partial charge in [0.05, 0.1) is 22.7 Å². The molecule has 1 aliphatic carbocycles. The van der Waals surface area contributed by atoms with Crippen LogP contribution in [0.2, 0.25) is 0 Å². The molecule has 0 bridgehead atoms. The third-order valence-corrected chi connectivity index (χ3v) is 5.37. The van der Waals surface area contributed by atoms with E-state index in [0.29, 0.717) is 24.0 Å². The van der Waals surface area contributed by atoms with E-state index in [1.165, 1.54) is 6.42 Å². The number of fused-ring (bicyclic) bond motifs is 1. The van der Waals surface area contributed by atoms with Crippen LogP contribution in [0.4, 0.5) is 5.95 Å². The van der Waals surface area contributed by atoms with E-state index in [4.69, 9.17) is 0 Å². The first kappa shape index (κ1) is 17.3. The predicted molar refractivity (Wildman–Crippen MR) is 105 cm³/mol. The Morgan fingerprint density at radius 1 is 1.30 bits per heavy atom. The maximum atomic E-state index is 12.7. The number of carbonyl (C=O) groups excluding carboxylic acids is 1. The average Bonchev–Trinajstić information content (AvgIpc) is 2.98. The summed E-state index contributed by atoms with van der Waals surface area (Å²) in [5.74, 6) is 0.690. The topological polar surface area (TPSA) is 70.7 Å². The Hall–Kier alpha value is -3.13. The van der Waals surface area contributed by atoms with Gasteiger partial charge < -0.3 is 4.57 Å². The molecule has 1 fully saturated rings. The normalized spacial score (nSPS) is 15.1. The van der Waals surface area contributed by atoms with Gasteiger partial charge in [-0.3, -0.25) is 10.1 Å². The number of rotatable bonds is 5. The Kier molecular flexibility index (Phi) is 4.64. The molecule has 1 saturated carbocycles. The van der Waals surface area contributed by atoms with E-state index >= 15 is 0 Å². The van der Waals surface area contributed by atoms with E-state index in [-0.39, 0.29) is 11.8 Å². The minimum atomic E-state index is -0.0391. The lowest BCUT2D eigenvalue weighted by atomic mass is 9.92. The van der Waals surface area contributed by atoms with Crippen LogP contribution in [0, 0.1) is 11.3 Å². The number of hydrogen-bond acceptors (Lipinski definition) is 3. The maximum Gasteiger partial charge on any atom is 0.227 e. The zero-order chi connectivity index (χ0) is 18.8. The van der Waals surface area contributed by atoms with Crippen molar-refractivity contribution in [1.29, 1.82) is 5.26 Å². The summed E-state index contributed by atoms with van der Waals surface area (Å²) < 4.78 is 2.10. The summed E-state index contributed by atoms with van der Waals surface area (Å²) in [4.78, 5) is 17.3. The summed E-state index contributed by atoms with van der Waals surface area (Å²) in [5, 5.41) is 12.2. The van der Waals surface area contributed by atoms with Gasteiger partial charge in [0.2, 0.25) is 11.9 Å². The number of benzene rings is 2. The van der Waals surface area contributed by atoms with Gasteiger partial charge in [0.1, 0.15) is 0 Å². The molecule has 1 amide bonds. The Morgan fingerprint density at radius 2 is 2.07 bits per heavy atom. The smallest absolute Gasteiger partial charge is 0.227 e. The van der Waals surface area contributed by atoms with Gasteiger partial charge in [-0.05, 0) is 48.9 Å². The molecule has 2 aromatic carbocycles. The van der Waals surface area contributed by atoms with E-state index in [0.717, 1.165) is 29.4 Å². The van der Waals surface area contributed by atoms with Crippen LogP contribution in [0.15, 0.2) is 48.5 Å². The fourth-order valence-electron chi connectivity index (χ4n) is 3.62. The van der Waals surface area contributed by atoms with Crippen molar-refractivity contribution < 1.29 is 4.79 Å². The Morgan fingerprint density at radius 3 is 2.74 bits per heavy atom. The van der Waals surface area contributed by atoms with E-state index in [9.17, 15) is 10.1 Å². The molecular formula is C22H22N4O. The highest BCUT2D eigenvalue weighted by molar-refractivity contribution is 5.92. The van der Waals surface area contributed by atoms with Crippen LogP contribution in [0.3, 0.4) is 0 Å². The van der Waals surface area contributed by atoms with Crippen molar-refractivity contribution >= 4 is 22.9 Å². The van der Waals surface area contributed by atoms with Crippen LogP contribution in [0.5, 0.6) is 0 Å². The van der Waals surface area contributed by atoms with Crippen LogP contribution in [0.1, 0.15) is 55.7 Å². The van der Waals surface area contributed by atoms with Crippen LogP contribution >= 0.6 is 0 Å². The van der Waals surface area contributed by atoms with Gasteiger partial charge in [-0.15, -0.1) is 0 Å². The third kappa shape index (κ3) is 3.43. The van der Waals surface area contributed by atoms with Gasteiger partial charge in [0.15, 0.2) is 0 Å². The summed E-state index contributed by atoms with van der Waals surface area (Å²) in [5.41, 5.74) is 3.50. The Balaban J connectivity index is 1.59. The number of imidazole rings is 1. The zero-order valence-corrected chi connectivity index (χ0v) is 15.4. The van der Waals surface area contributed by atoms with Gasteiger partial charge in [-0.1, -0.05) is 37.3 Å². The first-order valence-electron chi connectivity index (χ1n) is 9.42. The van der Waals surface area contributed by atoms with Gasteiger partial charge >= 0.3 is 0 Å². The fourth-order valence-corrected chi connectivity index (χ4v) is 3.62. The number of anilines is 1. The molecule has 0 saturated heterocycles. The molecule has 1 atom stereocenters. The summed E-state index contributed by atoms with van der Waals surface area (Å²) in [6, 6.07) is 18.1. The molecule has 5 nitrogen and oxygen atoms in total. The fraction of sp³-hybridized carbons (Fsp3) is 0.318. The van der Waals surface area contributed by atoms with Gasteiger partial charge in [0, 0.05) is 12.5 Å². The van der Waals surface area contributed by atoms with E-state index in [1.54, 1.807) is 6.07 Å². The lowest BCUT2D eigenvalue weighted by Gasteiger charge is -2.29. The lowest BCUT2D eigenvalue weighted by molar-refractivity contribution is -0.116. The van der Waals surface area contributed by atoms with Crippen molar-refractivity contribution in [2.45, 2.75) is 44.6 Å². The molecule has 3 aromatic rings. The van der Waals surface area contributed by atoms with Crippen molar-refractivity contribution in [3.8, 4) is 6.07 Å². The molecule has 0 aliphatic heterocycles. The molecule has 0 spiro atoms. The highest BCUT2D eigenvalue weighted by atomic mass is 16.1. The first-order valence-corrected chi connectivity index (χ1v) is 9.42. The van der Waals surface area contributed by atoms with Crippen molar-refractivity contribution in [3.05, 3.63) is 59.7 Å². The Bertz CT molecular complexity index is 1010. The van der Waals surface area contributed by atoms with Crippen LogP contribution in [-0.4, -0.2) is 15.5 Å². The first-order chi connectivity index (χ1) is 13.2. The third-order valence-electron chi connectivity index (χ3n) is 5.37. The monoisotopic (exact) mass is 358 g/mol. The van der Waals surface area contributed by atoms with E-state index in [1.807, 2.05) is 42.5 Å². The van der Waals surface area contributed by atoms with E-state index in [2.05, 4.69) is 27.9 Å². The second-order valence-corrected chi connectivity index (χ2v) is 7.27. The number of nitrogens with one attached hydrogen (secondary N) is 1. The van der Waals surface area contributed by atoms with Crippen LogP contribution in [0.25, 0.3) is 11.0 Å². The average molecular weight is 358 g/mol. The molecule has 0 radical (unpaired) electrons. The molecule has 1 aromatic heterocycles. The zero-order valence-electron chi connectivity index (χ0n) is 15.4. The van der Waals surface area contributed by atoms with Crippen molar-refractivity contribution in [2.75, 3.05) is 5.32 Å². The molecule has 0 unspecified atom stereocenters. The summed E-state index contributed by atoms with van der Waals surface area (Å²) in [6.07, 6.45) is 3.74. The van der Waals surface area contributed by atoms with Crippen molar-refractivity contribution in [3.63, 3.8) is 0 Å². The second-order valence-electron chi connectivity index (χ2n) is 7.27. The predicted octanol–water partition coefficient (Wildman–Crippen LogP) is 4.77. The van der Waals surface area contributed by atoms with Crippen LogP contribution in [-0.2, 0) is 4.79 Å². The standard InChI is InChI=1S/C22H22N4O/c1-15(17-6-3-2-4-7-17)12-21(27)25-22-24-19-11-10-16(14-23)13-20(19)26(22)18-8-5-9-18/h2-4,6-7,10-11,13,15,18H,5,8-9,12H2,1H3,(H,24,25,27)/t15-/m0/s1.